The van der Waals surface area contributed by atoms with Gasteiger partial charge in [-0.05, 0) is 11.6 Å². The van der Waals surface area contributed by atoms with E-state index < -0.39 is 12.2 Å². The van der Waals surface area contributed by atoms with Crippen molar-refractivity contribution in [3.63, 3.8) is 0 Å². The van der Waals surface area contributed by atoms with Gasteiger partial charge in [0.15, 0.2) is 0 Å². The third kappa shape index (κ3) is 2.09. The van der Waals surface area contributed by atoms with Crippen LogP contribution in [-0.4, -0.2) is 34.0 Å². The highest BCUT2D eigenvalue weighted by molar-refractivity contribution is 5.30. The fourth-order valence-corrected chi connectivity index (χ4v) is 1.71. The fraction of sp³-hybridized carbons (Fsp3) is 0.500. The molecule has 5 heteroatoms. The second-order valence-corrected chi connectivity index (χ2v) is 3.67. The maximum Gasteiger partial charge on any atom is 0.123 e. The smallest absolute Gasteiger partial charge is 0.123 e. The zero-order valence-electron chi connectivity index (χ0n) is 8.21. The van der Waals surface area contributed by atoms with Gasteiger partial charge in [0.1, 0.15) is 11.9 Å². The van der Waals surface area contributed by atoms with Gasteiger partial charge >= 0.3 is 0 Å². The van der Waals surface area contributed by atoms with E-state index in [1.54, 1.807) is 12.3 Å². The summed E-state index contributed by atoms with van der Waals surface area (Å²) < 4.78 is 5.47. The molecule has 0 amide bonds. The van der Waals surface area contributed by atoms with Gasteiger partial charge in [-0.2, -0.15) is 0 Å². The van der Waals surface area contributed by atoms with E-state index in [0.29, 0.717) is 12.2 Å². The van der Waals surface area contributed by atoms with Gasteiger partial charge in [-0.25, -0.2) is 4.98 Å². The monoisotopic (exact) mass is 210 g/mol. The van der Waals surface area contributed by atoms with Gasteiger partial charge in [-0.3, -0.25) is 0 Å². The van der Waals surface area contributed by atoms with E-state index in [-0.39, 0.29) is 12.7 Å². The highest BCUT2D eigenvalue weighted by Gasteiger charge is 2.34. The van der Waals surface area contributed by atoms with Crippen LogP contribution in [0.5, 0.6) is 0 Å². The Morgan fingerprint density at radius 2 is 2.33 bits per heavy atom. The molecule has 1 aliphatic heterocycles. The van der Waals surface area contributed by atoms with E-state index in [1.165, 1.54) is 0 Å². The number of pyridine rings is 1. The molecule has 0 saturated carbocycles. The van der Waals surface area contributed by atoms with Crippen molar-refractivity contribution in [3.05, 3.63) is 23.9 Å². The number of aliphatic hydroxyl groups is 2. The number of aliphatic hydroxyl groups excluding tert-OH is 2. The predicted molar refractivity (Wildman–Crippen MR) is 54.0 cm³/mol. The van der Waals surface area contributed by atoms with E-state index in [1.807, 2.05) is 6.07 Å². The Balaban J connectivity index is 2.10. The summed E-state index contributed by atoms with van der Waals surface area (Å²) in [4.78, 5) is 3.95. The Morgan fingerprint density at radius 1 is 1.53 bits per heavy atom. The lowest BCUT2D eigenvalue weighted by Gasteiger charge is -2.11. The molecule has 0 spiro atoms. The first kappa shape index (κ1) is 10.4. The van der Waals surface area contributed by atoms with Gasteiger partial charge < -0.3 is 20.7 Å². The van der Waals surface area contributed by atoms with E-state index in [9.17, 15) is 5.11 Å². The molecule has 1 unspecified atom stereocenters. The number of nitrogens with two attached hydrogens (primary N) is 1. The topological polar surface area (TPSA) is 88.6 Å². The first-order valence-corrected chi connectivity index (χ1v) is 4.86. The number of ether oxygens (including phenoxy) is 1. The minimum absolute atomic E-state index is 0.167. The largest absolute Gasteiger partial charge is 0.394 e. The molecule has 5 nitrogen and oxygen atoms in total. The van der Waals surface area contributed by atoms with Crippen molar-refractivity contribution in [1.29, 1.82) is 0 Å². The summed E-state index contributed by atoms with van der Waals surface area (Å²) in [7, 11) is 0. The normalized spacial score (nSPS) is 30.7. The van der Waals surface area contributed by atoms with Gasteiger partial charge in [0, 0.05) is 12.6 Å². The second kappa shape index (κ2) is 4.14. The molecule has 1 aliphatic rings. The summed E-state index contributed by atoms with van der Waals surface area (Å²) >= 11 is 0. The third-order valence-corrected chi connectivity index (χ3v) is 2.58. The molecule has 1 aromatic rings. The van der Waals surface area contributed by atoms with Gasteiger partial charge in [0.25, 0.3) is 0 Å². The maximum atomic E-state index is 9.55. The number of nitrogens with zero attached hydrogens (tertiary/aromatic N) is 1. The van der Waals surface area contributed by atoms with Crippen LogP contribution in [0.2, 0.25) is 0 Å². The van der Waals surface area contributed by atoms with Crippen molar-refractivity contribution in [2.75, 3.05) is 12.3 Å². The minimum Gasteiger partial charge on any atom is -0.394 e. The van der Waals surface area contributed by atoms with Crippen LogP contribution >= 0.6 is 0 Å². The lowest BCUT2D eigenvalue weighted by molar-refractivity contribution is -0.0226. The zero-order chi connectivity index (χ0) is 10.8. The van der Waals surface area contributed by atoms with Crippen molar-refractivity contribution in [2.24, 2.45) is 0 Å². The van der Waals surface area contributed by atoms with Gasteiger partial charge in [-0.15, -0.1) is 0 Å². The Hall–Kier alpha value is -1.17. The minimum atomic E-state index is -0.613. The van der Waals surface area contributed by atoms with E-state index in [0.717, 1.165) is 5.56 Å². The molecular formula is C10H14N2O3. The van der Waals surface area contributed by atoms with Crippen molar-refractivity contribution >= 4 is 5.82 Å². The Kier molecular flexibility index (Phi) is 2.86. The molecule has 2 heterocycles. The van der Waals surface area contributed by atoms with E-state index in [4.69, 9.17) is 15.6 Å². The van der Waals surface area contributed by atoms with Crippen LogP contribution in [0.1, 0.15) is 18.1 Å². The van der Waals surface area contributed by atoms with Crippen LogP contribution in [0.15, 0.2) is 18.3 Å². The number of hydrogen-bond donors (Lipinski definition) is 3. The summed E-state index contributed by atoms with van der Waals surface area (Å²) in [6.45, 7) is -0.167. The van der Waals surface area contributed by atoms with Crippen molar-refractivity contribution in [1.82, 2.24) is 4.98 Å². The molecule has 1 aromatic heterocycles. The van der Waals surface area contributed by atoms with Crippen LogP contribution in [-0.2, 0) is 4.74 Å². The fourth-order valence-electron chi connectivity index (χ4n) is 1.71. The Morgan fingerprint density at radius 3 is 2.87 bits per heavy atom. The summed E-state index contributed by atoms with van der Waals surface area (Å²) in [6.07, 6.45) is 0.805. The number of anilines is 1. The Labute approximate surface area is 87.5 Å². The number of rotatable bonds is 2. The molecule has 0 bridgehead atoms. The average molecular weight is 210 g/mol. The number of hydrogen-bond acceptors (Lipinski definition) is 5. The summed E-state index contributed by atoms with van der Waals surface area (Å²) in [5, 5.41) is 18.5. The molecule has 0 aliphatic carbocycles. The van der Waals surface area contributed by atoms with Crippen molar-refractivity contribution < 1.29 is 14.9 Å². The zero-order valence-corrected chi connectivity index (χ0v) is 8.21. The van der Waals surface area contributed by atoms with Gasteiger partial charge in [-0.1, -0.05) is 6.07 Å². The first-order chi connectivity index (χ1) is 7.20. The molecule has 0 aromatic carbocycles. The second-order valence-electron chi connectivity index (χ2n) is 3.67. The SMILES string of the molecule is Nc1ccc([C@H]2C[C@@H](O)C(CO)O2)cn1. The Bertz CT molecular complexity index is 328. The predicted octanol–water partition coefficient (Wildman–Crippen LogP) is -0.153. The molecule has 15 heavy (non-hydrogen) atoms. The van der Waals surface area contributed by atoms with Crippen LogP contribution in [0.25, 0.3) is 0 Å². The van der Waals surface area contributed by atoms with Crippen LogP contribution in [0, 0.1) is 0 Å². The van der Waals surface area contributed by atoms with Gasteiger partial charge in [0.05, 0.1) is 18.8 Å². The van der Waals surface area contributed by atoms with E-state index >= 15 is 0 Å². The molecule has 1 fully saturated rings. The lowest BCUT2D eigenvalue weighted by Crippen LogP contribution is -2.24. The maximum absolute atomic E-state index is 9.55. The van der Waals surface area contributed by atoms with Gasteiger partial charge in [0.2, 0.25) is 0 Å². The summed E-state index contributed by atoms with van der Waals surface area (Å²) in [5.74, 6) is 0.455. The number of aromatic nitrogens is 1. The molecule has 2 rings (SSSR count). The van der Waals surface area contributed by atoms with Crippen LogP contribution < -0.4 is 5.73 Å². The lowest BCUT2D eigenvalue weighted by atomic mass is 10.1. The first-order valence-electron chi connectivity index (χ1n) is 4.86. The third-order valence-electron chi connectivity index (χ3n) is 2.58. The van der Waals surface area contributed by atoms with Crippen LogP contribution in [0.3, 0.4) is 0 Å². The summed E-state index contributed by atoms with van der Waals surface area (Å²) in [6, 6.07) is 3.51. The molecule has 3 atom stereocenters. The standard InChI is InChI=1S/C10H14N2O3/c11-10-2-1-6(4-12-10)8-3-7(14)9(5-13)15-8/h1-2,4,7-9,13-14H,3,5H2,(H2,11,12)/t7-,8-,9?/m1/s1. The van der Waals surface area contributed by atoms with Crippen LogP contribution in [0.4, 0.5) is 5.82 Å². The van der Waals surface area contributed by atoms with Crippen molar-refractivity contribution in [3.8, 4) is 0 Å². The molecule has 1 saturated heterocycles. The quantitative estimate of drug-likeness (QED) is 0.631. The highest BCUT2D eigenvalue weighted by Crippen LogP contribution is 2.32. The van der Waals surface area contributed by atoms with E-state index in [2.05, 4.69) is 4.98 Å². The highest BCUT2D eigenvalue weighted by atomic mass is 16.5. The molecule has 4 N–H and O–H groups in total. The molecule has 0 radical (unpaired) electrons. The van der Waals surface area contributed by atoms with Crippen molar-refractivity contribution in [2.45, 2.75) is 24.7 Å². The summed E-state index contributed by atoms with van der Waals surface area (Å²) in [5.41, 5.74) is 6.34. The molecular weight excluding hydrogens is 196 g/mol. The number of nitrogen functional groups attached to an aromatic ring is 1. The molecule has 82 valence electrons. The average Bonchev–Trinajstić information content (AvgIpc) is 2.61.